The smallest absolute Gasteiger partial charge is 0.261 e. The lowest BCUT2D eigenvalue weighted by Gasteiger charge is -2.16. The van der Waals surface area contributed by atoms with E-state index in [-0.39, 0.29) is 23.8 Å². The van der Waals surface area contributed by atoms with Gasteiger partial charge in [0.15, 0.2) is 5.88 Å². The van der Waals surface area contributed by atoms with Gasteiger partial charge in [0, 0.05) is 37.6 Å². The summed E-state index contributed by atoms with van der Waals surface area (Å²) in [5, 5.41) is 0. The van der Waals surface area contributed by atoms with Crippen molar-refractivity contribution in [2.75, 3.05) is 0 Å². The predicted molar refractivity (Wildman–Crippen MR) is 128 cm³/mol. The minimum atomic E-state index is -0.453. The molecular weight excluding hydrogens is 433 g/mol. The molecule has 8 heteroatoms. The number of pyridine rings is 3. The molecule has 0 aliphatic rings. The number of ether oxygens (including phenoxy) is 1. The second kappa shape index (κ2) is 9.51. The van der Waals surface area contributed by atoms with Crippen LogP contribution in [0, 0.1) is 19.7 Å². The van der Waals surface area contributed by atoms with Gasteiger partial charge in [-0.15, -0.1) is 0 Å². The van der Waals surface area contributed by atoms with Crippen LogP contribution >= 0.6 is 0 Å². The van der Waals surface area contributed by atoms with Gasteiger partial charge >= 0.3 is 0 Å². The number of hydrogen-bond donors (Lipinski definition) is 0. The van der Waals surface area contributed by atoms with Crippen LogP contribution in [0.15, 0.2) is 53.7 Å². The Morgan fingerprint density at radius 1 is 1.03 bits per heavy atom. The van der Waals surface area contributed by atoms with Gasteiger partial charge in [-0.1, -0.05) is 13.8 Å². The summed E-state index contributed by atoms with van der Waals surface area (Å²) >= 11 is 0. The van der Waals surface area contributed by atoms with Crippen LogP contribution in [0.2, 0.25) is 0 Å². The third-order valence-electron chi connectivity index (χ3n) is 5.60. The molecule has 0 spiro atoms. The first-order chi connectivity index (χ1) is 16.3. The standard InChI is InChI=1S/C26H26FN5O2/c1-15(2)25-29-10-8-20(31-25)21-12-18(17(4)13-30-21)24-16(3)11-23(32(5)26(24)33)34-14-22-19(27)7-6-9-28-22/h6-13,15H,14H2,1-5H3. The SMILES string of the molecule is Cc1cnc(-c2ccnc(C(C)C)n2)cc1-c1c(C)cc(OCc2ncccc2F)n(C)c1=O. The fraction of sp³-hybridized carbons (Fsp3) is 0.269. The highest BCUT2D eigenvalue weighted by Gasteiger charge is 2.17. The average Bonchev–Trinajstić information content (AvgIpc) is 2.82. The Balaban J connectivity index is 1.73. The molecule has 0 unspecified atom stereocenters. The van der Waals surface area contributed by atoms with Gasteiger partial charge in [-0.3, -0.25) is 19.3 Å². The van der Waals surface area contributed by atoms with E-state index < -0.39 is 5.82 Å². The van der Waals surface area contributed by atoms with E-state index in [1.807, 2.05) is 39.8 Å². The van der Waals surface area contributed by atoms with Crippen molar-refractivity contribution in [1.29, 1.82) is 0 Å². The first-order valence-corrected chi connectivity index (χ1v) is 11.0. The first-order valence-electron chi connectivity index (χ1n) is 11.0. The largest absolute Gasteiger partial charge is 0.472 e. The molecule has 0 amide bonds. The summed E-state index contributed by atoms with van der Waals surface area (Å²) in [6.45, 7) is 7.76. The number of aryl methyl sites for hydroxylation is 2. The van der Waals surface area contributed by atoms with Gasteiger partial charge in [0.2, 0.25) is 0 Å². The van der Waals surface area contributed by atoms with E-state index in [0.717, 1.165) is 22.5 Å². The molecule has 4 aromatic heterocycles. The lowest BCUT2D eigenvalue weighted by atomic mass is 9.98. The molecular formula is C26H26FN5O2. The molecule has 0 atom stereocenters. The topological polar surface area (TPSA) is 82.8 Å². The summed E-state index contributed by atoms with van der Waals surface area (Å²) < 4.78 is 21.1. The second-order valence-corrected chi connectivity index (χ2v) is 8.46. The maximum atomic E-state index is 13.9. The maximum Gasteiger partial charge on any atom is 0.261 e. The molecule has 0 fully saturated rings. The third-order valence-corrected chi connectivity index (χ3v) is 5.60. The van der Waals surface area contributed by atoms with Gasteiger partial charge in [0.05, 0.1) is 17.0 Å². The fourth-order valence-corrected chi connectivity index (χ4v) is 3.65. The lowest BCUT2D eigenvalue weighted by molar-refractivity contribution is 0.269. The third kappa shape index (κ3) is 4.57. The summed E-state index contributed by atoms with van der Waals surface area (Å²) in [4.78, 5) is 30.9. The van der Waals surface area contributed by atoms with E-state index in [1.165, 1.54) is 22.9 Å². The zero-order valence-corrected chi connectivity index (χ0v) is 19.8. The molecule has 0 bridgehead atoms. The van der Waals surface area contributed by atoms with Crippen LogP contribution in [0.4, 0.5) is 4.39 Å². The highest BCUT2D eigenvalue weighted by Crippen LogP contribution is 2.29. The van der Waals surface area contributed by atoms with E-state index >= 15 is 0 Å². The van der Waals surface area contributed by atoms with Crippen LogP contribution in [-0.2, 0) is 13.7 Å². The van der Waals surface area contributed by atoms with Crippen molar-refractivity contribution in [1.82, 2.24) is 24.5 Å². The molecule has 174 valence electrons. The van der Waals surface area contributed by atoms with Crippen LogP contribution in [0.5, 0.6) is 5.88 Å². The summed E-state index contributed by atoms with van der Waals surface area (Å²) in [7, 11) is 1.63. The van der Waals surface area contributed by atoms with Crippen molar-refractivity contribution >= 4 is 0 Å². The molecule has 0 N–H and O–H groups in total. The van der Waals surface area contributed by atoms with E-state index in [0.29, 0.717) is 22.8 Å². The number of hydrogen-bond acceptors (Lipinski definition) is 6. The Morgan fingerprint density at radius 2 is 1.82 bits per heavy atom. The van der Waals surface area contributed by atoms with E-state index in [4.69, 9.17) is 4.74 Å². The van der Waals surface area contributed by atoms with Crippen LogP contribution < -0.4 is 10.3 Å². The van der Waals surface area contributed by atoms with Crippen LogP contribution in [0.1, 0.15) is 42.4 Å². The molecule has 4 aromatic rings. The zero-order valence-electron chi connectivity index (χ0n) is 19.8. The van der Waals surface area contributed by atoms with Gasteiger partial charge in [-0.25, -0.2) is 14.4 Å². The van der Waals surface area contributed by atoms with Crippen molar-refractivity contribution in [3.8, 4) is 28.4 Å². The Bertz CT molecular complexity index is 1410. The lowest BCUT2D eigenvalue weighted by Crippen LogP contribution is -2.22. The quantitative estimate of drug-likeness (QED) is 0.414. The summed E-state index contributed by atoms with van der Waals surface area (Å²) in [6.07, 6.45) is 4.97. The molecule has 0 radical (unpaired) electrons. The second-order valence-electron chi connectivity index (χ2n) is 8.46. The van der Waals surface area contributed by atoms with E-state index in [1.54, 1.807) is 25.5 Å². The molecule has 0 aliphatic heterocycles. The fourth-order valence-electron chi connectivity index (χ4n) is 3.65. The van der Waals surface area contributed by atoms with Crippen molar-refractivity contribution in [2.45, 2.75) is 40.2 Å². The van der Waals surface area contributed by atoms with Gasteiger partial charge in [-0.2, -0.15) is 0 Å². The Hall–Kier alpha value is -3.94. The van der Waals surface area contributed by atoms with Crippen molar-refractivity contribution in [2.24, 2.45) is 7.05 Å². The van der Waals surface area contributed by atoms with Crippen molar-refractivity contribution < 1.29 is 9.13 Å². The number of nitrogens with zero attached hydrogens (tertiary/aromatic N) is 5. The average molecular weight is 460 g/mol. The number of rotatable bonds is 6. The molecule has 4 rings (SSSR count). The summed E-state index contributed by atoms with van der Waals surface area (Å²) in [6, 6.07) is 8.31. The minimum Gasteiger partial charge on any atom is -0.472 e. The van der Waals surface area contributed by atoms with E-state index in [2.05, 4.69) is 19.9 Å². The molecule has 0 aromatic carbocycles. The van der Waals surface area contributed by atoms with E-state index in [9.17, 15) is 9.18 Å². The Morgan fingerprint density at radius 3 is 2.56 bits per heavy atom. The monoisotopic (exact) mass is 459 g/mol. The minimum absolute atomic E-state index is 0.0803. The molecule has 0 saturated carbocycles. The molecule has 0 saturated heterocycles. The van der Waals surface area contributed by atoms with Gasteiger partial charge in [-0.05, 0) is 54.8 Å². The highest BCUT2D eigenvalue weighted by atomic mass is 19.1. The predicted octanol–water partition coefficient (Wildman–Crippen LogP) is 4.76. The first kappa shape index (κ1) is 23.2. The van der Waals surface area contributed by atoms with Crippen LogP contribution in [0.3, 0.4) is 0 Å². The van der Waals surface area contributed by atoms with Gasteiger partial charge in [0.1, 0.15) is 23.9 Å². The number of halogens is 1. The molecule has 0 aliphatic carbocycles. The number of aromatic nitrogens is 5. The highest BCUT2D eigenvalue weighted by molar-refractivity contribution is 5.73. The Kier molecular flexibility index (Phi) is 6.49. The van der Waals surface area contributed by atoms with Gasteiger partial charge < -0.3 is 4.74 Å². The summed E-state index contributed by atoms with van der Waals surface area (Å²) in [5.74, 6) is 0.803. The van der Waals surface area contributed by atoms with Crippen molar-refractivity contribution in [3.63, 3.8) is 0 Å². The normalized spacial score (nSPS) is 11.1. The zero-order chi connectivity index (χ0) is 24.4. The van der Waals surface area contributed by atoms with Crippen LogP contribution in [-0.4, -0.2) is 24.5 Å². The van der Waals surface area contributed by atoms with Gasteiger partial charge in [0.25, 0.3) is 5.56 Å². The maximum absolute atomic E-state index is 13.9. The molecule has 34 heavy (non-hydrogen) atoms. The summed E-state index contributed by atoms with van der Waals surface area (Å²) in [5.41, 5.74) is 4.26. The molecule has 4 heterocycles. The van der Waals surface area contributed by atoms with Crippen LogP contribution in [0.25, 0.3) is 22.5 Å². The van der Waals surface area contributed by atoms with Crippen molar-refractivity contribution in [3.05, 3.63) is 87.7 Å². The Labute approximate surface area is 197 Å². The molecule has 7 nitrogen and oxygen atoms in total.